The first-order valence-electron chi connectivity index (χ1n) is 6.31. The maximum atomic E-state index is 12.3. The van der Waals surface area contributed by atoms with Crippen molar-refractivity contribution in [3.8, 4) is 0 Å². The van der Waals surface area contributed by atoms with E-state index in [1.54, 1.807) is 6.92 Å². The number of rotatable bonds is 5. The standard InChI is InChI=1S/C11H23NO4S2/c1-9(6-7-12)18(15,16)11-5-3-4-10(8-11)17(2,13)14/h9-11H,3-8,12H2,1-2H3. The monoisotopic (exact) mass is 297 g/mol. The van der Waals surface area contributed by atoms with Gasteiger partial charge in [-0.2, -0.15) is 0 Å². The number of hydrogen-bond donors (Lipinski definition) is 1. The Morgan fingerprint density at radius 3 is 2.22 bits per heavy atom. The van der Waals surface area contributed by atoms with Gasteiger partial charge in [0.1, 0.15) is 9.84 Å². The Morgan fingerprint density at radius 1 is 1.17 bits per heavy atom. The minimum absolute atomic E-state index is 0.246. The molecule has 0 amide bonds. The zero-order valence-electron chi connectivity index (χ0n) is 11.0. The van der Waals surface area contributed by atoms with Gasteiger partial charge in [0.05, 0.1) is 15.7 Å². The summed E-state index contributed by atoms with van der Waals surface area (Å²) in [5.74, 6) is 0. The van der Waals surface area contributed by atoms with E-state index in [9.17, 15) is 16.8 Å². The first kappa shape index (κ1) is 15.9. The summed E-state index contributed by atoms with van der Waals surface area (Å²) in [6.45, 7) is 1.99. The molecule has 3 unspecified atom stereocenters. The van der Waals surface area contributed by atoms with Crippen LogP contribution in [0.1, 0.15) is 39.0 Å². The summed E-state index contributed by atoms with van der Waals surface area (Å²) in [5.41, 5.74) is 5.39. The third-order valence-electron chi connectivity index (χ3n) is 3.78. The van der Waals surface area contributed by atoms with Gasteiger partial charge in [-0.15, -0.1) is 0 Å². The average Bonchev–Trinajstić information content (AvgIpc) is 2.28. The van der Waals surface area contributed by atoms with E-state index in [1.165, 1.54) is 6.26 Å². The highest BCUT2D eigenvalue weighted by Gasteiger charge is 2.37. The molecule has 1 aliphatic carbocycles. The Hall–Kier alpha value is -0.140. The SMILES string of the molecule is CC(CCN)S(=O)(=O)C1CCCC(S(C)(=O)=O)C1. The lowest BCUT2D eigenvalue weighted by molar-refractivity contribution is 0.468. The van der Waals surface area contributed by atoms with Crippen molar-refractivity contribution in [2.75, 3.05) is 12.8 Å². The molecule has 1 aliphatic rings. The molecule has 0 aromatic carbocycles. The quantitative estimate of drug-likeness (QED) is 0.797. The average molecular weight is 297 g/mol. The Bertz CT molecular complexity index is 469. The molecular weight excluding hydrogens is 274 g/mol. The molecular formula is C11H23NO4S2. The van der Waals surface area contributed by atoms with Crippen molar-refractivity contribution in [2.45, 2.75) is 54.8 Å². The highest BCUT2D eigenvalue weighted by molar-refractivity contribution is 7.93. The smallest absolute Gasteiger partial charge is 0.155 e. The van der Waals surface area contributed by atoms with Gasteiger partial charge in [0.2, 0.25) is 0 Å². The summed E-state index contributed by atoms with van der Waals surface area (Å²) in [6, 6.07) is 0. The van der Waals surface area contributed by atoms with Gasteiger partial charge in [0.15, 0.2) is 9.84 Å². The number of nitrogens with two attached hydrogens (primary N) is 1. The van der Waals surface area contributed by atoms with Crippen LogP contribution in [0.15, 0.2) is 0 Å². The van der Waals surface area contributed by atoms with Crippen LogP contribution in [0.5, 0.6) is 0 Å². The fourth-order valence-corrected chi connectivity index (χ4v) is 5.93. The topological polar surface area (TPSA) is 94.3 Å². The molecule has 0 saturated heterocycles. The summed E-state index contributed by atoms with van der Waals surface area (Å²) in [4.78, 5) is 0. The second-order valence-corrected chi connectivity index (χ2v) is 10.2. The van der Waals surface area contributed by atoms with Gasteiger partial charge in [0, 0.05) is 6.26 Å². The van der Waals surface area contributed by atoms with Crippen LogP contribution in [-0.2, 0) is 19.7 Å². The molecule has 18 heavy (non-hydrogen) atoms. The minimum Gasteiger partial charge on any atom is -0.330 e. The molecule has 0 heterocycles. The van der Waals surface area contributed by atoms with Crippen LogP contribution in [0, 0.1) is 0 Å². The van der Waals surface area contributed by atoms with Gasteiger partial charge in [-0.1, -0.05) is 6.42 Å². The van der Waals surface area contributed by atoms with E-state index in [1.807, 2.05) is 0 Å². The molecule has 0 radical (unpaired) electrons. The first-order valence-corrected chi connectivity index (χ1v) is 9.87. The van der Waals surface area contributed by atoms with Gasteiger partial charge >= 0.3 is 0 Å². The number of hydrogen-bond acceptors (Lipinski definition) is 5. The lowest BCUT2D eigenvalue weighted by Gasteiger charge is -2.29. The fourth-order valence-electron chi connectivity index (χ4n) is 2.52. The van der Waals surface area contributed by atoms with E-state index in [4.69, 9.17) is 5.73 Å². The predicted molar refractivity (Wildman–Crippen MR) is 72.9 cm³/mol. The molecule has 108 valence electrons. The van der Waals surface area contributed by atoms with E-state index in [2.05, 4.69) is 0 Å². The molecule has 2 N–H and O–H groups in total. The van der Waals surface area contributed by atoms with Crippen molar-refractivity contribution in [3.63, 3.8) is 0 Å². The van der Waals surface area contributed by atoms with Crippen LogP contribution in [0.4, 0.5) is 0 Å². The van der Waals surface area contributed by atoms with Crippen LogP contribution in [0.3, 0.4) is 0 Å². The van der Waals surface area contributed by atoms with Crippen LogP contribution >= 0.6 is 0 Å². The van der Waals surface area contributed by atoms with Gasteiger partial charge in [-0.25, -0.2) is 16.8 Å². The summed E-state index contributed by atoms with van der Waals surface area (Å²) in [7, 11) is -6.41. The molecule has 5 nitrogen and oxygen atoms in total. The fraction of sp³-hybridized carbons (Fsp3) is 1.00. The van der Waals surface area contributed by atoms with Gasteiger partial charge in [-0.3, -0.25) is 0 Å². The zero-order valence-corrected chi connectivity index (χ0v) is 12.6. The zero-order chi connectivity index (χ0) is 14.0. The molecule has 1 saturated carbocycles. The molecule has 0 spiro atoms. The maximum absolute atomic E-state index is 12.3. The largest absolute Gasteiger partial charge is 0.330 e. The highest BCUT2D eigenvalue weighted by atomic mass is 32.2. The Kier molecular flexibility index (Phi) is 5.20. The molecule has 3 atom stereocenters. The van der Waals surface area contributed by atoms with Gasteiger partial charge in [0.25, 0.3) is 0 Å². The van der Waals surface area contributed by atoms with E-state index in [0.717, 1.165) is 0 Å². The maximum Gasteiger partial charge on any atom is 0.155 e. The number of sulfone groups is 2. The molecule has 7 heteroatoms. The van der Waals surface area contributed by atoms with Gasteiger partial charge in [-0.05, 0) is 39.2 Å². The summed E-state index contributed by atoms with van der Waals surface area (Å²) < 4.78 is 47.7. The second kappa shape index (κ2) is 5.88. The Morgan fingerprint density at radius 2 is 1.72 bits per heavy atom. The molecule has 0 aliphatic heterocycles. The van der Waals surface area contributed by atoms with Crippen LogP contribution < -0.4 is 5.73 Å². The van der Waals surface area contributed by atoms with Crippen molar-refractivity contribution in [1.82, 2.24) is 0 Å². The summed E-state index contributed by atoms with van der Waals surface area (Å²) in [6.07, 6.45) is 3.69. The predicted octanol–water partition coefficient (Wildman–Crippen LogP) is 0.494. The third kappa shape index (κ3) is 3.68. The normalized spacial score (nSPS) is 27.9. The van der Waals surface area contributed by atoms with Crippen LogP contribution in [0.2, 0.25) is 0 Å². The van der Waals surface area contributed by atoms with Crippen molar-refractivity contribution >= 4 is 19.7 Å². The first-order chi connectivity index (χ1) is 8.19. The molecule has 1 fully saturated rings. The second-order valence-electron chi connectivity index (χ2n) is 5.22. The summed E-state index contributed by atoms with van der Waals surface area (Å²) >= 11 is 0. The van der Waals surface area contributed by atoms with Gasteiger partial charge < -0.3 is 5.73 Å². The molecule has 0 aromatic heterocycles. The van der Waals surface area contributed by atoms with Crippen molar-refractivity contribution in [1.29, 1.82) is 0 Å². The van der Waals surface area contributed by atoms with E-state index in [-0.39, 0.29) is 6.42 Å². The van der Waals surface area contributed by atoms with E-state index < -0.39 is 35.4 Å². The molecule has 0 bridgehead atoms. The van der Waals surface area contributed by atoms with Crippen LogP contribution in [-0.4, -0.2) is 45.4 Å². The lowest BCUT2D eigenvalue weighted by Crippen LogP contribution is -2.39. The minimum atomic E-state index is -3.26. The lowest BCUT2D eigenvalue weighted by atomic mass is 10.00. The van der Waals surface area contributed by atoms with Crippen molar-refractivity contribution < 1.29 is 16.8 Å². The molecule has 0 aromatic rings. The van der Waals surface area contributed by atoms with E-state index in [0.29, 0.717) is 32.2 Å². The Balaban J connectivity index is 2.84. The van der Waals surface area contributed by atoms with Crippen LogP contribution in [0.25, 0.3) is 0 Å². The summed E-state index contributed by atoms with van der Waals surface area (Å²) in [5, 5.41) is -1.51. The highest BCUT2D eigenvalue weighted by Crippen LogP contribution is 2.30. The van der Waals surface area contributed by atoms with E-state index >= 15 is 0 Å². The van der Waals surface area contributed by atoms with Crippen molar-refractivity contribution in [2.24, 2.45) is 5.73 Å². The third-order valence-corrected chi connectivity index (χ3v) is 8.14. The van der Waals surface area contributed by atoms with Crippen molar-refractivity contribution in [3.05, 3.63) is 0 Å². The molecule has 1 rings (SSSR count). The Labute approximate surface area is 110 Å².